The van der Waals surface area contributed by atoms with Gasteiger partial charge in [0.05, 0.1) is 18.3 Å². The number of aliphatic hydroxyl groups excluding tert-OH is 1. The molecule has 0 bridgehead atoms. The first-order valence-corrected chi connectivity index (χ1v) is 10.3. The van der Waals surface area contributed by atoms with Crippen molar-refractivity contribution in [2.24, 2.45) is 0 Å². The summed E-state index contributed by atoms with van der Waals surface area (Å²) in [5.74, 6) is -0.522. The predicted molar refractivity (Wildman–Crippen MR) is 117 cm³/mol. The van der Waals surface area contributed by atoms with Crippen molar-refractivity contribution in [1.82, 2.24) is 4.90 Å². The van der Waals surface area contributed by atoms with Gasteiger partial charge in [-0.2, -0.15) is 0 Å². The number of benzene rings is 2. The second-order valence-corrected chi connectivity index (χ2v) is 7.92. The van der Waals surface area contributed by atoms with Crippen LogP contribution in [-0.4, -0.2) is 41.0 Å². The number of furan rings is 1. The number of carbonyl (C=O) groups excluding carboxylic acids is 2. The molecule has 0 radical (unpaired) electrons. The van der Waals surface area contributed by atoms with Crippen LogP contribution in [0.15, 0.2) is 64.6 Å². The second-order valence-electron chi connectivity index (χ2n) is 7.92. The van der Waals surface area contributed by atoms with E-state index in [1.54, 1.807) is 25.1 Å². The molecule has 6 nitrogen and oxygen atoms in total. The summed E-state index contributed by atoms with van der Waals surface area (Å²) in [6, 6.07) is 15.9. The van der Waals surface area contributed by atoms with Gasteiger partial charge in [-0.25, -0.2) is 0 Å². The van der Waals surface area contributed by atoms with Crippen molar-refractivity contribution >= 4 is 28.2 Å². The molecule has 1 fully saturated rings. The van der Waals surface area contributed by atoms with E-state index in [9.17, 15) is 14.7 Å². The van der Waals surface area contributed by atoms with Crippen molar-refractivity contribution in [2.75, 3.05) is 13.2 Å². The standard InChI is InChI=1S/C25H25NO5/c1-15(2)30-13-12-26-22(20-11-8-16(3)31-20)21(24(28)25(26)29)23(27)19-10-9-17-6-4-5-7-18(17)14-19/h4-11,14-15,22,27H,12-13H2,1-3H3/b23-21-. The van der Waals surface area contributed by atoms with Gasteiger partial charge in [0.25, 0.3) is 11.7 Å². The number of hydrogen-bond donors (Lipinski definition) is 1. The van der Waals surface area contributed by atoms with Gasteiger partial charge in [-0.1, -0.05) is 36.4 Å². The largest absolute Gasteiger partial charge is 0.507 e. The summed E-state index contributed by atoms with van der Waals surface area (Å²) in [5, 5.41) is 13.1. The van der Waals surface area contributed by atoms with E-state index in [4.69, 9.17) is 9.15 Å². The zero-order chi connectivity index (χ0) is 22.1. The number of Topliss-reactive ketones (excluding diaryl/α,β-unsaturated/α-hetero) is 1. The van der Waals surface area contributed by atoms with E-state index in [2.05, 4.69) is 0 Å². The third-order valence-corrected chi connectivity index (χ3v) is 5.38. The molecule has 1 atom stereocenters. The summed E-state index contributed by atoms with van der Waals surface area (Å²) in [6.07, 6.45) is -0.00118. The average molecular weight is 419 g/mol. The summed E-state index contributed by atoms with van der Waals surface area (Å²) in [5.41, 5.74) is 0.502. The van der Waals surface area contributed by atoms with Gasteiger partial charge in [0.2, 0.25) is 0 Å². The number of ketones is 1. The van der Waals surface area contributed by atoms with Crippen LogP contribution in [0.4, 0.5) is 0 Å². The van der Waals surface area contributed by atoms with Crippen molar-refractivity contribution in [3.8, 4) is 0 Å². The van der Waals surface area contributed by atoms with E-state index in [0.29, 0.717) is 17.1 Å². The first kappa shape index (κ1) is 20.9. The molecular formula is C25H25NO5. The number of hydrogen-bond acceptors (Lipinski definition) is 5. The number of nitrogens with zero attached hydrogens (tertiary/aromatic N) is 1. The van der Waals surface area contributed by atoms with Gasteiger partial charge >= 0.3 is 0 Å². The molecule has 1 aliphatic heterocycles. The van der Waals surface area contributed by atoms with Crippen LogP contribution in [-0.2, 0) is 14.3 Å². The Kier molecular flexibility index (Phi) is 5.65. The highest BCUT2D eigenvalue weighted by molar-refractivity contribution is 6.46. The number of fused-ring (bicyclic) bond motifs is 1. The molecule has 3 aromatic rings. The molecule has 1 N–H and O–H groups in total. The Morgan fingerprint density at radius 1 is 1.10 bits per heavy atom. The highest BCUT2D eigenvalue weighted by atomic mass is 16.5. The van der Waals surface area contributed by atoms with Gasteiger partial charge in [0, 0.05) is 12.1 Å². The van der Waals surface area contributed by atoms with Crippen LogP contribution in [0.5, 0.6) is 0 Å². The van der Waals surface area contributed by atoms with Gasteiger partial charge < -0.3 is 19.2 Å². The fourth-order valence-corrected chi connectivity index (χ4v) is 3.89. The minimum atomic E-state index is -0.809. The number of carbonyl (C=O) groups is 2. The van der Waals surface area contributed by atoms with Crippen LogP contribution < -0.4 is 0 Å². The van der Waals surface area contributed by atoms with Gasteiger partial charge in [-0.3, -0.25) is 9.59 Å². The third-order valence-electron chi connectivity index (χ3n) is 5.38. The summed E-state index contributed by atoms with van der Waals surface area (Å²) in [7, 11) is 0. The fraction of sp³-hybridized carbons (Fsp3) is 0.280. The van der Waals surface area contributed by atoms with E-state index in [1.165, 1.54) is 4.90 Å². The number of rotatable bonds is 6. The molecule has 0 saturated carbocycles. The Morgan fingerprint density at radius 2 is 1.84 bits per heavy atom. The first-order chi connectivity index (χ1) is 14.9. The van der Waals surface area contributed by atoms with Crippen molar-refractivity contribution in [3.05, 3.63) is 77.3 Å². The van der Waals surface area contributed by atoms with E-state index in [1.807, 2.05) is 50.2 Å². The van der Waals surface area contributed by atoms with E-state index < -0.39 is 17.7 Å². The maximum Gasteiger partial charge on any atom is 0.295 e. The van der Waals surface area contributed by atoms with Crippen LogP contribution in [0.1, 0.15) is 37.0 Å². The Labute approximate surface area is 180 Å². The molecule has 0 aliphatic carbocycles. The molecule has 160 valence electrons. The minimum Gasteiger partial charge on any atom is -0.507 e. The molecule has 2 heterocycles. The molecule has 31 heavy (non-hydrogen) atoms. The Hall–Kier alpha value is -3.38. The summed E-state index contributed by atoms with van der Waals surface area (Å²) in [6.45, 7) is 6.09. The predicted octanol–water partition coefficient (Wildman–Crippen LogP) is 4.59. The lowest BCUT2D eigenvalue weighted by Crippen LogP contribution is -2.33. The van der Waals surface area contributed by atoms with E-state index in [-0.39, 0.29) is 30.6 Å². The number of ether oxygens (including phenoxy) is 1. The SMILES string of the molecule is Cc1ccc(C2/C(=C(/O)c3ccc4ccccc4c3)C(=O)C(=O)N2CCOC(C)C)o1. The van der Waals surface area contributed by atoms with Crippen LogP contribution in [0.25, 0.3) is 16.5 Å². The Balaban J connectivity index is 1.80. The van der Waals surface area contributed by atoms with Gasteiger partial charge in [-0.15, -0.1) is 0 Å². The topological polar surface area (TPSA) is 80.0 Å². The molecule has 2 aromatic carbocycles. The van der Waals surface area contributed by atoms with Crippen molar-refractivity contribution in [1.29, 1.82) is 0 Å². The van der Waals surface area contributed by atoms with Crippen LogP contribution in [0.2, 0.25) is 0 Å². The fourth-order valence-electron chi connectivity index (χ4n) is 3.89. The summed E-state index contributed by atoms with van der Waals surface area (Å²) in [4.78, 5) is 27.3. The lowest BCUT2D eigenvalue weighted by molar-refractivity contribution is -0.140. The lowest BCUT2D eigenvalue weighted by Gasteiger charge is -2.23. The molecule has 1 aliphatic rings. The normalized spacial score (nSPS) is 18.5. The summed E-state index contributed by atoms with van der Waals surface area (Å²) < 4.78 is 11.4. The average Bonchev–Trinajstić information content (AvgIpc) is 3.28. The van der Waals surface area contributed by atoms with Gasteiger partial charge in [0.15, 0.2) is 0 Å². The molecule has 6 heteroatoms. The highest BCUT2D eigenvalue weighted by Gasteiger charge is 2.47. The van der Waals surface area contributed by atoms with Gasteiger partial charge in [-0.05, 0) is 49.7 Å². The smallest absolute Gasteiger partial charge is 0.295 e. The van der Waals surface area contributed by atoms with Crippen LogP contribution in [0.3, 0.4) is 0 Å². The monoisotopic (exact) mass is 419 g/mol. The molecule has 1 aromatic heterocycles. The number of aryl methyl sites for hydroxylation is 1. The number of aliphatic hydroxyl groups is 1. The van der Waals surface area contributed by atoms with E-state index >= 15 is 0 Å². The maximum absolute atomic E-state index is 13.0. The minimum absolute atomic E-state index is 0.00118. The lowest BCUT2D eigenvalue weighted by atomic mass is 9.98. The highest BCUT2D eigenvalue weighted by Crippen LogP contribution is 2.40. The second kappa shape index (κ2) is 8.40. The van der Waals surface area contributed by atoms with E-state index in [0.717, 1.165) is 10.8 Å². The molecule has 1 amide bonds. The Bertz CT molecular complexity index is 1170. The zero-order valence-electron chi connectivity index (χ0n) is 17.8. The van der Waals surface area contributed by atoms with Crippen molar-refractivity contribution in [3.63, 3.8) is 0 Å². The van der Waals surface area contributed by atoms with Crippen LogP contribution in [0, 0.1) is 6.92 Å². The maximum atomic E-state index is 13.0. The van der Waals surface area contributed by atoms with Crippen molar-refractivity contribution < 1.29 is 23.8 Å². The summed E-state index contributed by atoms with van der Waals surface area (Å²) >= 11 is 0. The quantitative estimate of drug-likeness (QED) is 0.359. The number of likely N-dealkylation sites (tertiary alicyclic amines) is 1. The molecule has 4 rings (SSSR count). The molecular weight excluding hydrogens is 394 g/mol. The molecule has 1 unspecified atom stereocenters. The number of amides is 1. The van der Waals surface area contributed by atoms with Crippen LogP contribution >= 0.6 is 0 Å². The zero-order valence-corrected chi connectivity index (χ0v) is 17.8. The molecule has 0 spiro atoms. The Morgan fingerprint density at radius 3 is 2.52 bits per heavy atom. The van der Waals surface area contributed by atoms with Gasteiger partial charge in [0.1, 0.15) is 23.3 Å². The third kappa shape index (κ3) is 3.99. The van der Waals surface area contributed by atoms with Crippen molar-refractivity contribution in [2.45, 2.75) is 32.9 Å². The molecule has 1 saturated heterocycles. The first-order valence-electron chi connectivity index (χ1n) is 10.3.